The van der Waals surface area contributed by atoms with Crippen LogP contribution in [0.4, 0.5) is 0 Å². The Morgan fingerprint density at radius 2 is 2.33 bits per heavy atom. The van der Waals surface area contributed by atoms with Crippen LogP contribution >= 0.6 is 0 Å². The van der Waals surface area contributed by atoms with Gasteiger partial charge in [0.05, 0.1) is 12.5 Å². The van der Waals surface area contributed by atoms with Crippen LogP contribution in [0.3, 0.4) is 0 Å². The molecule has 0 saturated carbocycles. The molecule has 0 radical (unpaired) electrons. The molecule has 2 heterocycles. The van der Waals surface area contributed by atoms with Gasteiger partial charge in [-0.2, -0.15) is 0 Å². The van der Waals surface area contributed by atoms with Gasteiger partial charge in [0, 0.05) is 25.4 Å². The normalized spacial score (nSPS) is 17.0. The largest absolute Gasteiger partial charge is 0.388 e. The van der Waals surface area contributed by atoms with E-state index in [4.69, 9.17) is 0 Å². The number of aliphatic hydroxyl groups is 1. The molecule has 1 aliphatic rings. The minimum atomic E-state index is -0.904. The molecule has 0 bridgehead atoms. The third-order valence-electron chi connectivity index (χ3n) is 3.02. The predicted molar refractivity (Wildman–Crippen MR) is 64.5 cm³/mol. The summed E-state index contributed by atoms with van der Waals surface area (Å²) in [5.41, 5.74) is 1.53. The van der Waals surface area contributed by atoms with E-state index in [2.05, 4.69) is 4.98 Å². The Morgan fingerprint density at radius 3 is 2.94 bits per heavy atom. The minimum absolute atomic E-state index is 0.0725. The van der Waals surface area contributed by atoms with E-state index in [1.54, 1.807) is 12.3 Å². The highest BCUT2D eigenvalue weighted by Crippen LogP contribution is 2.20. The lowest BCUT2D eigenvalue weighted by Gasteiger charge is -2.16. The molecule has 1 N–H and O–H groups in total. The lowest BCUT2D eigenvalue weighted by molar-refractivity contribution is -0.143. The average molecular weight is 248 g/mol. The number of amides is 2. The van der Waals surface area contributed by atoms with Gasteiger partial charge in [-0.15, -0.1) is 0 Å². The number of aromatic nitrogens is 1. The van der Waals surface area contributed by atoms with Crippen LogP contribution < -0.4 is 0 Å². The lowest BCUT2D eigenvalue weighted by atomic mass is 10.1. The van der Waals surface area contributed by atoms with Gasteiger partial charge < -0.3 is 5.11 Å². The maximum atomic E-state index is 11.8. The van der Waals surface area contributed by atoms with Crippen molar-refractivity contribution < 1.29 is 14.7 Å². The number of pyridine rings is 1. The molecule has 1 aromatic heterocycles. The zero-order valence-electron chi connectivity index (χ0n) is 10.3. The van der Waals surface area contributed by atoms with Crippen molar-refractivity contribution in [3.63, 3.8) is 0 Å². The molecule has 1 saturated heterocycles. The molecular weight excluding hydrogens is 232 g/mol. The highest BCUT2D eigenvalue weighted by Gasteiger charge is 2.27. The zero-order valence-corrected chi connectivity index (χ0v) is 10.3. The molecule has 5 heteroatoms. The highest BCUT2D eigenvalue weighted by atomic mass is 16.3. The maximum absolute atomic E-state index is 11.8. The summed E-state index contributed by atoms with van der Waals surface area (Å²) in [6.45, 7) is 2.34. The van der Waals surface area contributed by atoms with Crippen molar-refractivity contribution in [2.75, 3.05) is 6.54 Å². The SMILES string of the molecule is Cc1cncc(C(O)CC(=O)N2CCCC2=O)c1. The molecule has 5 nitrogen and oxygen atoms in total. The van der Waals surface area contributed by atoms with Crippen LogP contribution in [0.2, 0.25) is 0 Å². The summed E-state index contributed by atoms with van der Waals surface area (Å²) in [6, 6.07) is 1.79. The molecule has 0 aromatic carbocycles. The van der Waals surface area contributed by atoms with Crippen molar-refractivity contribution in [3.05, 3.63) is 29.6 Å². The van der Waals surface area contributed by atoms with E-state index in [0.29, 0.717) is 24.9 Å². The number of aryl methyl sites for hydroxylation is 1. The van der Waals surface area contributed by atoms with Crippen molar-refractivity contribution in [2.45, 2.75) is 32.3 Å². The first-order chi connectivity index (χ1) is 8.58. The lowest BCUT2D eigenvalue weighted by Crippen LogP contribution is -2.32. The van der Waals surface area contributed by atoms with E-state index in [1.807, 2.05) is 6.92 Å². The van der Waals surface area contributed by atoms with E-state index in [0.717, 1.165) is 5.56 Å². The average Bonchev–Trinajstić information content (AvgIpc) is 2.75. The van der Waals surface area contributed by atoms with Gasteiger partial charge in [0.15, 0.2) is 0 Å². The van der Waals surface area contributed by atoms with Crippen LogP contribution in [-0.2, 0) is 9.59 Å². The fraction of sp³-hybridized carbons (Fsp3) is 0.462. The Balaban J connectivity index is 2.01. The molecule has 1 aromatic rings. The Labute approximate surface area is 105 Å². The second kappa shape index (κ2) is 5.27. The first kappa shape index (κ1) is 12.7. The second-order valence-corrected chi connectivity index (χ2v) is 4.56. The van der Waals surface area contributed by atoms with Crippen molar-refractivity contribution in [1.29, 1.82) is 0 Å². The molecular formula is C13H16N2O3. The van der Waals surface area contributed by atoms with Crippen LogP contribution in [0, 0.1) is 6.92 Å². The smallest absolute Gasteiger partial charge is 0.232 e. The number of likely N-dealkylation sites (tertiary alicyclic amines) is 1. The highest BCUT2D eigenvalue weighted by molar-refractivity contribution is 5.96. The molecule has 2 rings (SSSR count). The number of aliphatic hydroxyl groups excluding tert-OH is 1. The van der Waals surface area contributed by atoms with Crippen molar-refractivity contribution in [2.24, 2.45) is 0 Å². The molecule has 0 spiro atoms. The zero-order chi connectivity index (χ0) is 13.1. The Kier molecular flexibility index (Phi) is 3.72. The first-order valence-electron chi connectivity index (χ1n) is 6.01. The number of nitrogens with zero attached hydrogens (tertiary/aromatic N) is 2. The fourth-order valence-electron chi connectivity index (χ4n) is 2.07. The van der Waals surface area contributed by atoms with Crippen LogP contribution in [0.25, 0.3) is 0 Å². The minimum Gasteiger partial charge on any atom is -0.388 e. The molecule has 1 atom stereocenters. The van der Waals surface area contributed by atoms with Crippen molar-refractivity contribution in [1.82, 2.24) is 9.88 Å². The Hall–Kier alpha value is -1.75. The summed E-state index contributed by atoms with van der Waals surface area (Å²) in [6.07, 6.45) is 3.38. The summed E-state index contributed by atoms with van der Waals surface area (Å²) < 4.78 is 0. The van der Waals surface area contributed by atoms with Gasteiger partial charge >= 0.3 is 0 Å². The summed E-state index contributed by atoms with van der Waals surface area (Å²) in [5.74, 6) is -0.457. The van der Waals surface area contributed by atoms with E-state index in [1.165, 1.54) is 11.1 Å². The van der Waals surface area contributed by atoms with E-state index >= 15 is 0 Å². The van der Waals surface area contributed by atoms with Crippen molar-refractivity contribution >= 4 is 11.8 Å². The third-order valence-corrected chi connectivity index (χ3v) is 3.02. The van der Waals surface area contributed by atoms with Crippen LogP contribution in [0.1, 0.15) is 36.5 Å². The molecule has 1 fully saturated rings. The van der Waals surface area contributed by atoms with Gasteiger partial charge in [0.25, 0.3) is 0 Å². The fourth-order valence-corrected chi connectivity index (χ4v) is 2.07. The van der Waals surface area contributed by atoms with Gasteiger partial charge in [0.1, 0.15) is 0 Å². The number of imide groups is 1. The van der Waals surface area contributed by atoms with Gasteiger partial charge in [-0.1, -0.05) is 6.07 Å². The monoisotopic (exact) mass is 248 g/mol. The standard InChI is InChI=1S/C13H16N2O3/c1-9-5-10(8-14-7-9)11(16)6-13(18)15-4-2-3-12(15)17/h5,7-8,11,16H,2-4,6H2,1H3. The number of carbonyl (C=O) groups is 2. The van der Waals surface area contributed by atoms with Gasteiger partial charge in [-0.25, -0.2) is 0 Å². The van der Waals surface area contributed by atoms with E-state index < -0.39 is 6.10 Å². The molecule has 2 amide bonds. The number of carbonyl (C=O) groups excluding carboxylic acids is 2. The van der Waals surface area contributed by atoms with Crippen LogP contribution in [0.15, 0.2) is 18.5 Å². The molecule has 0 aliphatic carbocycles. The summed E-state index contributed by atoms with van der Waals surface area (Å²) in [4.78, 5) is 28.4. The molecule has 1 unspecified atom stereocenters. The second-order valence-electron chi connectivity index (χ2n) is 4.56. The Bertz CT molecular complexity index is 473. The third kappa shape index (κ3) is 2.73. The van der Waals surface area contributed by atoms with Crippen LogP contribution in [0.5, 0.6) is 0 Å². The number of hydrogen-bond donors (Lipinski definition) is 1. The van der Waals surface area contributed by atoms with E-state index in [9.17, 15) is 14.7 Å². The summed E-state index contributed by atoms with van der Waals surface area (Å²) in [5, 5.41) is 9.96. The van der Waals surface area contributed by atoms with Gasteiger partial charge in [0.2, 0.25) is 11.8 Å². The first-order valence-corrected chi connectivity index (χ1v) is 6.01. The van der Waals surface area contributed by atoms with E-state index in [-0.39, 0.29) is 18.2 Å². The molecule has 18 heavy (non-hydrogen) atoms. The van der Waals surface area contributed by atoms with Gasteiger partial charge in [-0.3, -0.25) is 19.5 Å². The van der Waals surface area contributed by atoms with Crippen LogP contribution in [-0.4, -0.2) is 33.3 Å². The van der Waals surface area contributed by atoms with Gasteiger partial charge in [-0.05, 0) is 24.5 Å². The maximum Gasteiger partial charge on any atom is 0.232 e. The summed E-state index contributed by atoms with van der Waals surface area (Å²) >= 11 is 0. The number of hydrogen-bond acceptors (Lipinski definition) is 4. The summed E-state index contributed by atoms with van der Waals surface area (Å²) in [7, 11) is 0. The quantitative estimate of drug-likeness (QED) is 0.865. The van der Waals surface area contributed by atoms with Crippen molar-refractivity contribution in [3.8, 4) is 0 Å². The topological polar surface area (TPSA) is 70.5 Å². The molecule has 1 aliphatic heterocycles. The number of rotatable bonds is 3. The molecule has 96 valence electrons. The Morgan fingerprint density at radius 1 is 1.56 bits per heavy atom. The predicted octanol–water partition coefficient (Wildman–Crippen LogP) is 0.963.